The van der Waals surface area contributed by atoms with Gasteiger partial charge in [0.15, 0.2) is 11.5 Å². The Bertz CT molecular complexity index is 690. The second kappa shape index (κ2) is 6.26. The first-order chi connectivity index (χ1) is 10.5. The van der Waals surface area contributed by atoms with Crippen LogP contribution < -0.4 is 5.32 Å². The largest absolute Gasteiger partial charge is 0.346 e. The maximum Gasteiger partial charge on any atom is 0.226 e. The van der Waals surface area contributed by atoms with Crippen molar-refractivity contribution in [1.29, 1.82) is 0 Å². The lowest BCUT2D eigenvalue weighted by molar-refractivity contribution is -0.123. The molecule has 3 rings (SSSR count). The lowest BCUT2D eigenvalue weighted by Crippen LogP contribution is -2.32. The van der Waals surface area contributed by atoms with Gasteiger partial charge in [-0.15, -0.1) is 33.4 Å². The molecule has 0 aromatic carbocycles. The number of carbonyl (C=O) groups excluding carboxylic acids is 1. The van der Waals surface area contributed by atoms with Crippen molar-refractivity contribution in [2.45, 2.75) is 23.2 Å². The van der Waals surface area contributed by atoms with Crippen molar-refractivity contribution in [3.63, 3.8) is 0 Å². The van der Waals surface area contributed by atoms with Crippen LogP contribution in [-0.2, 0) is 4.79 Å². The summed E-state index contributed by atoms with van der Waals surface area (Å²) in [5, 5.41) is 11.4. The molecule has 2 atom stereocenters. The predicted molar refractivity (Wildman–Crippen MR) is 89.4 cm³/mol. The fraction of sp³-hybridized carbons (Fsp3) is 0.500. The van der Waals surface area contributed by atoms with Crippen LogP contribution in [0.15, 0.2) is 24.4 Å². The number of halogens is 2. The average Bonchev–Trinajstić information content (AvgIpc) is 2.96. The van der Waals surface area contributed by atoms with Crippen molar-refractivity contribution in [2.24, 2.45) is 5.92 Å². The zero-order chi connectivity index (χ0) is 15.7. The van der Waals surface area contributed by atoms with Gasteiger partial charge in [-0.25, -0.2) is 0 Å². The number of rotatable bonds is 6. The molecule has 0 bridgehead atoms. The molecule has 5 nitrogen and oxygen atoms in total. The van der Waals surface area contributed by atoms with Crippen molar-refractivity contribution in [1.82, 2.24) is 19.9 Å². The van der Waals surface area contributed by atoms with Crippen LogP contribution in [0.4, 0.5) is 0 Å². The molecule has 22 heavy (non-hydrogen) atoms. The molecule has 1 fully saturated rings. The van der Waals surface area contributed by atoms with E-state index in [9.17, 15) is 4.79 Å². The lowest BCUT2D eigenvalue weighted by Gasteiger charge is -2.17. The summed E-state index contributed by atoms with van der Waals surface area (Å²) in [5.41, 5.74) is 0.761. The zero-order valence-electron chi connectivity index (χ0n) is 12.0. The molecule has 1 N–H and O–H groups in total. The number of hydrogen-bond acceptors (Lipinski definition) is 4. The molecule has 1 saturated carbocycles. The van der Waals surface area contributed by atoms with Crippen molar-refractivity contribution >= 4 is 46.5 Å². The topological polar surface area (TPSA) is 59.3 Å². The second-order valence-corrected chi connectivity index (χ2v) is 7.88. The Kier molecular flexibility index (Phi) is 4.52. The van der Waals surface area contributed by atoms with Gasteiger partial charge in [-0.2, -0.15) is 11.8 Å². The highest BCUT2D eigenvalue weighted by Crippen LogP contribution is 2.53. The number of pyridine rings is 1. The molecular weight excluding hydrogens is 343 g/mol. The van der Waals surface area contributed by atoms with Gasteiger partial charge in [0.2, 0.25) is 5.91 Å². The summed E-state index contributed by atoms with van der Waals surface area (Å²) >= 11 is 13.7. The SMILES string of the molecule is CSCCC(NC(=O)C1CC1(Cl)Cl)c1nnc2ccccn12. The van der Waals surface area contributed by atoms with Gasteiger partial charge in [-0.05, 0) is 37.0 Å². The summed E-state index contributed by atoms with van der Waals surface area (Å²) in [6.07, 6.45) is 5.20. The van der Waals surface area contributed by atoms with E-state index in [1.54, 1.807) is 11.8 Å². The number of hydrogen-bond donors (Lipinski definition) is 1. The summed E-state index contributed by atoms with van der Waals surface area (Å²) in [4.78, 5) is 12.3. The van der Waals surface area contributed by atoms with E-state index in [1.807, 2.05) is 35.1 Å². The summed E-state index contributed by atoms with van der Waals surface area (Å²) in [5.74, 6) is 1.17. The molecule has 0 radical (unpaired) electrons. The molecule has 2 heterocycles. The van der Waals surface area contributed by atoms with Crippen LogP contribution in [0, 0.1) is 5.92 Å². The molecule has 2 unspecified atom stereocenters. The molecule has 2 aromatic heterocycles. The molecule has 0 aliphatic heterocycles. The van der Waals surface area contributed by atoms with Crippen LogP contribution >= 0.6 is 35.0 Å². The molecule has 1 amide bonds. The highest BCUT2D eigenvalue weighted by atomic mass is 35.5. The summed E-state index contributed by atoms with van der Waals surface area (Å²) in [6, 6.07) is 5.49. The minimum Gasteiger partial charge on any atom is -0.346 e. The smallest absolute Gasteiger partial charge is 0.226 e. The molecule has 0 saturated heterocycles. The van der Waals surface area contributed by atoms with E-state index in [2.05, 4.69) is 15.5 Å². The fourth-order valence-electron chi connectivity index (χ4n) is 2.37. The van der Waals surface area contributed by atoms with E-state index in [0.29, 0.717) is 6.42 Å². The number of fused-ring (bicyclic) bond motifs is 1. The molecule has 2 aromatic rings. The molecular formula is C14H16Cl2N4OS. The maximum atomic E-state index is 12.3. The minimum absolute atomic E-state index is 0.121. The Morgan fingerprint density at radius 3 is 3.00 bits per heavy atom. The highest BCUT2D eigenvalue weighted by Gasteiger charge is 2.56. The molecule has 8 heteroatoms. The fourth-order valence-corrected chi connectivity index (χ4v) is 3.35. The summed E-state index contributed by atoms with van der Waals surface area (Å²) in [7, 11) is 0. The molecule has 1 aliphatic rings. The third kappa shape index (κ3) is 3.19. The van der Waals surface area contributed by atoms with Gasteiger partial charge >= 0.3 is 0 Å². The van der Waals surface area contributed by atoms with E-state index < -0.39 is 4.33 Å². The Balaban J connectivity index is 1.82. The van der Waals surface area contributed by atoms with Crippen molar-refractivity contribution in [2.75, 3.05) is 12.0 Å². The van der Waals surface area contributed by atoms with Gasteiger partial charge in [0, 0.05) is 6.20 Å². The number of alkyl halides is 2. The quantitative estimate of drug-likeness (QED) is 0.806. The Hall–Kier alpha value is -0.980. The van der Waals surface area contributed by atoms with E-state index in [-0.39, 0.29) is 17.9 Å². The summed E-state index contributed by atoms with van der Waals surface area (Å²) < 4.78 is 0.980. The minimum atomic E-state index is -0.916. The van der Waals surface area contributed by atoms with Gasteiger partial charge in [0.25, 0.3) is 0 Å². The van der Waals surface area contributed by atoms with Crippen LogP contribution in [-0.4, -0.2) is 36.8 Å². The van der Waals surface area contributed by atoms with Crippen LogP contribution in [0.1, 0.15) is 24.7 Å². The molecule has 1 aliphatic carbocycles. The first-order valence-electron chi connectivity index (χ1n) is 7.00. The number of nitrogens with one attached hydrogen (secondary N) is 1. The van der Waals surface area contributed by atoms with Gasteiger partial charge in [-0.1, -0.05) is 6.07 Å². The van der Waals surface area contributed by atoms with E-state index in [4.69, 9.17) is 23.2 Å². The summed E-state index contributed by atoms with van der Waals surface area (Å²) in [6.45, 7) is 0. The molecule has 0 spiro atoms. The Morgan fingerprint density at radius 1 is 1.55 bits per heavy atom. The number of carbonyl (C=O) groups is 1. The van der Waals surface area contributed by atoms with Crippen molar-refractivity contribution in [3.8, 4) is 0 Å². The van der Waals surface area contributed by atoms with Crippen LogP contribution in [0.2, 0.25) is 0 Å². The van der Waals surface area contributed by atoms with E-state index >= 15 is 0 Å². The lowest BCUT2D eigenvalue weighted by atomic mass is 10.2. The standard InChI is InChI=1S/C14H16Cl2N4OS/c1-22-7-5-10(17-13(21)9-8-14(9,15)16)12-19-18-11-4-2-3-6-20(11)12/h2-4,6,9-10H,5,7-8H2,1H3,(H,17,21). The van der Waals surface area contributed by atoms with Crippen LogP contribution in [0.5, 0.6) is 0 Å². The second-order valence-electron chi connectivity index (χ2n) is 5.35. The van der Waals surface area contributed by atoms with Gasteiger partial charge in [0.05, 0.1) is 12.0 Å². The van der Waals surface area contributed by atoms with Gasteiger partial charge in [-0.3, -0.25) is 9.20 Å². The first kappa shape index (κ1) is 15.9. The van der Waals surface area contributed by atoms with Gasteiger partial charge in [0.1, 0.15) is 4.33 Å². The predicted octanol–water partition coefficient (Wildman–Crippen LogP) is 2.83. The number of amides is 1. The van der Waals surface area contributed by atoms with Crippen LogP contribution in [0.25, 0.3) is 5.65 Å². The van der Waals surface area contributed by atoms with E-state index in [1.165, 1.54) is 0 Å². The molecule has 118 valence electrons. The average molecular weight is 359 g/mol. The normalized spacial score (nSPS) is 20.8. The Labute approximate surface area is 142 Å². The van der Waals surface area contributed by atoms with Crippen LogP contribution in [0.3, 0.4) is 0 Å². The monoisotopic (exact) mass is 358 g/mol. The van der Waals surface area contributed by atoms with Gasteiger partial charge < -0.3 is 5.32 Å². The highest BCUT2D eigenvalue weighted by molar-refractivity contribution is 7.98. The Morgan fingerprint density at radius 2 is 2.32 bits per heavy atom. The van der Waals surface area contributed by atoms with Crippen molar-refractivity contribution < 1.29 is 4.79 Å². The number of nitrogens with zero attached hydrogens (tertiary/aromatic N) is 3. The maximum absolute atomic E-state index is 12.3. The third-order valence-corrected chi connectivity index (χ3v) is 5.20. The zero-order valence-corrected chi connectivity index (χ0v) is 14.3. The number of thioether (sulfide) groups is 1. The van der Waals surface area contributed by atoms with E-state index in [0.717, 1.165) is 23.6 Å². The third-order valence-electron chi connectivity index (χ3n) is 3.72. The van der Waals surface area contributed by atoms with Crippen molar-refractivity contribution in [3.05, 3.63) is 30.2 Å². The number of aromatic nitrogens is 3. The first-order valence-corrected chi connectivity index (χ1v) is 9.14.